The third-order valence-corrected chi connectivity index (χ3v) is 4.77. The van der Waals surface area contributed by atoms with Crippen LogP contribution in [-0.2, 0) is 17.8 Å². The topological polar surface area (TPSA) is 110 Å². The Morgan fingerprint density at radius 1 is 1.24 bits per heavy atom. The van der Waals surface area contributed by atoms with Crippen molar-refractivity contribution in [3.8, 4) is 5.75 Å². The monoisotopic (exact) mass is 400 g/mol. The first-order chi connectivity index (χ1) is 13.7. The van der Waals surface area contributed by atoms with E-state index in [4.69, 9.17) is 10.5 Å². The highest BCUT2D eigenvalue weighted by Gasteiger charge is 2.35. The summed E-state index contributed by atoms with van der Waals surface area (Å²) in [5.41, 5.74) is 5.94. The minimum atomic E-state index is -0.740. The number of nitrogens with two attached hydrogens (primary N) is 1. The van der Waals surface area contributed by atoms with Gasteiger partial charge in [0.15, 0.2) is 11.8 Å². The summed E-state index contributed by atoms with van der Waals surface area (Å²) in [4.78, 5) is 42.0. The van der Waals surface area contributed by atoms with Gasteiger partial charge >= 0.3 is 5.69 Å². The average molecular weight is 400 g/mol. The number of H-pyrrole nitrogens is 1. The van der Waals surface area contributed by atoms with E-state index in [2.05, 4.69) is 4.98 Å². The van der Waals surface area contributed by atoms with Crippen LogP contribution in [0, 0.1) is 11.8 Å². The predicted molar refractivity (Wildman–Crippen MR) is 112 cm³/mol. The molecule has 1 aromatic carbocycles. The third-order valence-electron chi connectivity index (χ3n) is 4.77. The van der Waals surface area contributed by atoms with Crippen molar-refractivity contribution < 1.29 is 9.53 Å². The lowest BCUT2D eigenvalue weighted by Crippen LogP contribution is -2.47. The van der Waals surface area contributed by atoms with Gasteiger partial charge in [0, 0.05) is 19.5 Å². The van der Waals surface area contributed by atoms with Crippen LogP contribution in [0.1, 0.15) is 33.3 Å². The maximum Gasteiger partial charge on any atom is 0.330 e. The lowest BCUT2D eigenvalue weighted by molar-refractivity contribution is -0.124. The molecule has 0 saturated carbocycles. The fourth-order valence-electron chi connectivity index (χ4n) is 3.53. The number of aromatic nitrogens is 2. The molecule has 2 heterocycles. The molecule has 8 nitrogen and oxygen atoms in total. The van der Waals surface area contributed by atoms with Gasteiger partial charge in [-0.1, -0.05) is 45.9 Å². The van der Waals surface area contributed by atoms with E-state index in [1.165, 1.54) is 9.47 Å². The molecule has 0 aliphatic carbocycles. The van der Waals surface area contributed by atoms with Crippen LogP contribution in [0.2, 0.25) is 0 Å². The Kier molecular flexibility index (Phi) is 5.81. The fraction of sp³-hybridized carbons (Fsp3) is 0.476. The van der Waals surface area contributed by atoms with E-state index in [0.717, 1.165) is 5.56 Å². The summed E-state index contributed by atoms with van der Waals surface area (Å²) < 4.78 is 7.15. The van der Waals surface area contributed by atoms with Gasteiger partial charge in [-0.05, 0) is 23.5 Å². The second-order valence-corrected chi connectivity index (χ2v) is 8.26. The van der Waals surface area contributed by atoms with E-state index in [9.17, 15) is 14.4 Å². The number of carbonyl (C=O) groups excluding carboxylic acids is 1. The summed E-state index contributed by atoms with van der Waals surface area (Å²) in [6.45, 7) is 8.39. The Labute approximate surface area is 169 Å². The van der Waals surface area contributed by atoms with Gasteiger partial charge < -0.3 is 15.4 Å². The summed E-state index contributed by atoms with van der Waals surface area (Å²) in [6, 6.07) is 7.48. The minimum Gasteiger partial charge on any atom is -0.480 e. The van der Waals surface area contributed by atoms with Crippen molar-refractivity contribution in [3.63, 3.8) is 0 Å². The van der Waals surface area contributed by atoms with Crippen LogP contribution < -0.4 is 26.6 Å². The number of hydrogen-bond donors (Lipinski definition) is 2. The molecule has 8 heteroatoms. The van der Waals surface area contributed by atoms with Crippen LogP contribution in [0.4, 0.5) is 11.5 Å². The molecule has 1 atom stereocenters. The van der Waals surface area contributed by atoms with Gasteiger partial charge in [-0.25, -0.2) is 4.79 Å². The fourth-order valence-corrected chi connectivity index (χ4v) is 3.53. The summed E-state index contributed by atoms with van der Waals surface area (Å²) in [5, 5.41) is 0. The van der Waals surface area contributed by atoms with Crippen LogP contribution in [0.25, 0.3) is 0 Å². The largest absolute Gasteiger partial charge is 0.480 e. The number of anilines is 2. The molecule has 3 rings (SSSR count). The van der Waals surface area contributed by atoms with E-state index in [-0.39, 0.29) is 35.8 Å². The second-order valence-electron chi connectivity index (χ2n) is 8.26. The first-order valence-corrected chi connectivity index (χ1v) is 9.87. The normalized spacial score (nSPS) is 15.4. The van der Waals surface area contributed by atoms with Crippen molar-refractivity contribution in [3.05, 3.63) is 50.7 Å². The van der Waals surface area contributed by atoms with Crippen molar-refractivity contribution in [1.29, 1.82) is 0 Å². The number of nitrogens with one attached hydrogen (secondary N) is 1. The van der Waals surface area contributed by atoms with E-state index in [1.807, 2.05) is 52.0 Å². The van der Waals surface area contributed by atoms with Gasteiger partial charge in [0.1, 0.15) is 11.6 Å². The number of nitrogens with zero attached hydrogens (tertiary/aromatic N) is 2. The van der Waals surface area contributed by atoms with Gasteiger partial charge in [-0.2, -0.15) is 0 Å². The average Bonchev–Trinajstić information content (AvgIpc) is 3.07. The molecule has 1 aliphatic heterocycles. The Bertz CT molecular complexity index is 997. The maximum atomic E-state index is 13.4. The van der Waals surface area contributed by atoms with E-state index in [0.29, 0.717) is 18.7 Å². The van der Waals surface area contributed by atoms with E-state index < -0.39 is 17.4 Å². The quantitative estimate of drug-likeness (QED) is 0.768. The summed E-state index contributed by atoms with van der Waals surface area (Å²) in [5.74, 6) is 0.531. The Balaban J connectivity index is 2.03. The van der Waals surface area contributed by atoms with Crippen molar-refractivity contribution in [2.24, 2.45) is 11.8 Å². The number of carbonyl (C=O) groups is 1. The zero-order valence-corrected chi connectivity index (χ0v) is 17.3. The van der Waals surface area contributed by atoms with E-state index >= 15 is 0 Å². The predicted octanol–water partition coefficient (Wildman–Crippen LogP) is 1.77. The number of ether oxygens (including phenoxy) is 1. The molecular formula is C21H28N4O4. The Hall–Kier alpha value is -3.03. The van der Waals surface area contributed by atoms with Gasteiger partial charge in [0.05, 0.1) is 0 Å². The van der Waals surface area contributed by atoms with Crippen molar-refractivity contribution in [1.82, 2.24) is 9.55 Å². The Morgan fingerprint density at radius 3 is 2.55 bits per heavy atom. The maximum absolute atomic E-state index is 13.4. The molecule has 0 fully saturated rings. The van der Waals surface area contributed by atoms with Gasteiger partial charge in [-0.3, -0.25) is 19.1 Å². The third kappa shape index (κ3) is 4.21. The number of aromatic amines is 1. The van der Waals surface area contributed by atoms with Crippen LogP contribution in [0.15, 0.2) is 33.9 Å². The molecule has 3 N–H and O–H groups in total. The van der Waals surface area contributed by atoms with Crippen LogP contribution >= 0.6 is 0 Å². The summed E-state index contributed by atoms with van der Waals surface area (Å²) in [7, 11) is 0. The molecule has 2 aromatic rings. The molecule has 0 spiro atoms. The number of para-hydroxylation sites is 1. The lowest BCUT2D eigenvalue weighted by atomic mass is 10.1. The molecule has 156 valence electrons. The highest BCUT2D eigenvalue weighted by atomic mass is 16.5. The highest BCUT2D eigenvalue weighted by Crippen LogP contribution is 2.30. The van der Waals surface area contributed by atoms with Crippen LogP contribution in [-0.4, -0.2) is 28.1 Å². The molecule has 0 unspecified atom stereocenters. The number of hydrogen-bond acceptors (Lipinski definition) is 5. The molecule has 1 amide bonds. The number of amides is 1. The molecule has 0 bridgehead atoms. The van der Waals surface area contributed by atoms with Crippen molar-refractivity contribution in [2.45, 2.75) is 46.8 Å². The summed E-state index contributed by atoms with van der Waals surface area (Å²) >= 11 is 0. The number of rotatable bonds is 6. The van der Waals surface area contributed by atoms with E-state index in [1.54, 1.807) is 0 Å². The lowest BCUT2D eigenvalue weighted by Gasteiger charge is -2.28. The standard InChI is InChI=1S/C21H28N4O4/c1-12(2)10-24(20(27)16-9-14-7-5-6-8-15(14)29-16)17-18(22)25(11-13(3)4)21(28)23-19(17)26/h5-8,12-13,16H,9-11,22H2,1-4H3,(H,23,26,28)/t16-/m0/s1. The van der Waals surface area contributed by atoms with Gasteiger partial charge in [0.25, 0.3) is 11.5 Å². The van der Waals surface area contributed by atoms with Crippen molar-refractivity contribution >= 4 is 17.4 Å². The molecule has 1 aliphatic rings. The SMILES string of the molecule is CC(C)CN(C(=O)[C@@H]1Cc2ccccc2O1)c1c(N)n(CC(C)C)c(=O)[nH]c1=O. The molecule has 0 radical (unpaired) electrons. The zero-order valence-electron chi connectivity index (χ0n) is 17.3. The van der Waals surface area contributed by atoms with Gasteiger partial charge in [0.2, 0.25) is 0 Å². The first-order valence-electron chi connectivity index (χ1n) is 9.87. The van der Waals surface area contributed by atoms with Crippen LogP contribution in [0.5, 0.6) is 5.75 Å². The molecule has 29 heavy (non-hydrogen) atoms. The smallest absolute Gasteiger partial charge is 0.330 e. The van der Waals surface area contributed by atoms with Crippen molar-refractivity contribution in [2.75, 3.05) is 17.2 Å². The summed E-state index contributed by atoms with van der Waals surface area (Å²) in [6.07, 6.45) is -0.317. The number of fused-ring (bicyclic) bond motifs is 1. The number of nitrogen functional groups attached to an aromatic ring is 1. The highest BCUT2D eigenvalue weighted by molar-refractivity contribution is 5.99. The van der Waals surface area contributed by atoms with Gasteiger partial charge in [-0.15, -0.1) is 0 Å². The first kappa shape index (κ1) is 20.7. The Morgan fingerprint density at radius 2 is 1.93 bits per heavy atom. The molecule has 1 aromatic heterocycles. The minimum absolute atomic E-state index is 0.00281. The molecular weight excluding hydrogens is 372 g/mol. The van der Waals surface area contributed by atoms with Crippen LogP contribution in [0.3, 0.4) is 0 Å². The zero-order chi connectivity index (χ0) is 21.3. The number of benzene rings is 1. The molecule has 0 saturated heterocycles. The second kappa shape index (κ2) is 8.14.